The number of hydrogen-bond donors (Lipinski definition) is 1. The first-order chi connectivity index (χ1) is 9.03. The highest BCUT2D eigenvalue weighted by atomic mass is 15.0. The summed E-state index contributed by atoms with van der Waals surface area (Å²) < 4.78 is 0. The highest BCUT2D eigenvalue weighted by Crippen LogP contribution is 2.06. The Kier molecular flexibility index (Phi) is 4.27. The van der Waals surface area contributed by atoms with Crippen molar-refractivity contribution in [1.82, 2.24) is 15.3 Å². The van der Waals surface area contributed by atoms with Gasteiger partial charge in [0.1, 0.15) is 5.82 Å². The van der Waals surface area contributed by atoms with E-state index in [-0.39, 0.29) is 5.54 Å². The van der Waals surface area contributed by atoms with Crippen LogP contribution in [0.4, 0.5) is 0 Å². The maximum atomic E-state index is 4.42. The fourth-order valence-corrected chi connectivity index (χ4v) is 1.71. The van der Waals surface area contributed by atoms with Crippen LogP contribution in [0.5, 0.6) is 0 Å². The van der Waals surface area contributed by atoms with E-state index < -0.39 is 0 Å². The Balaban J connectivity index is 1.95. The molecular formula is C16H21N3. The molecule has 1 N–H and O–H groups in total. The SMILES string of the molecule is CC(C)(C)NCc1cnc(Cc2ccccc2)nc1. The smallest absolute Gasteiger partial charge is 0.132 e. The van der Waals surface area contributed by atoms with E-state index in [1.807, 2.05) is 30.6 Å². The Labute approximate surface area is 115 Å². The standard InChI is InChI=1S/C16H21N3/c1-16(2,3)19-12-14-10-17-15(18-11-14)9-13-7-5-4-6-8-13/h4-8,10-11,19H,9,12H2,1-3H3. The van der Waals surface area contributed by atoms with Crippen LogP contribution in [0.3, 0.4) is 0 Å². The van der Waals surface area contributed by atoms with Gasteiger partial charge in [-0.15, -0.1) is 0 Å². The fourth-order valence-electron chi connectivity index (χ4n) is 1.71. The van der Waals surface area contributed by atoms with Gasteiger partial charge in [-0.3, -0.25) is 0 Å². The molecular weight excluding hydrogens is 234 g/mol. The summed E-state index contributed by atoms with van der Waals surface area (Å²) in [6, 6.07) is 10.3. The fraction of sp³-hybridized carbons (Fsp3) is 0.375. The van der Waals surface area contributed by atoms with Crippen LogP contribution in [0.25, 0.3) is 0 Å². The molecule has 1 aromatic carbocycles. The quantitative estimate of drug-likeness (QED) is 0.912. The lowest BCUT2D eigenvalue weighted by molar-refractivity contribution is 0.423. The maximum absolute atomic E-state index is 4.42. The Bertz CT molecular complexity index is 498. The predicted octanol–water partition coefficient (Wildman–Crippen LogP) is 2.96. The highest BCUT2D eigenvalue weighted by Gasteiger charge is 2.08. The molecule has 100 valence electrons. The minimum absolute atomic E-state index is 0.114. The zero-order chi connectivity index (χ0) is 13.7. The topological polar surface area (TPSA) is 37.8 Å². The molecule has 0 unspecified atom stereocenters. The average molecular weight is 255 g/mol. The second-order valence-electron chi connectivity index (χ2n) is 5.77. The molecule has 1 heterocycles. The third-order valence-corrected chi connectivity index (χ3v) is 2.79. The van der Waals surface area contributed by atoms with Crippen molar-refractivity contribution < 1.29 is 0 Å². The first-order valence-corrected chi connectivity index (χ1v) is 6.62. The molecule has 2 aromatic rings. The Morgan fingerprint density at radius 2 is 1.58 bits per heavy atom. The molecule has 19 heavy (non-hydrogen) atoms. The highest BCUT2D eigenvalue weighted by molar-refractivity contribution is 5.19. The van der Waals surface area contributed by atoms with E-state index in [1.165, 1.54) is 5.56 Å². The van der Waals surface area contributed by atoms with Gasteiger partial charge in [0.15, 0.2) is 0 Å². The Hall–Kier alpha value is -1.74. The van der Waals surface area contributed by atoms with Crippen LogP contribution in [0.2, 0.25) is 0 Å². The van der Waals surface area contributed by atoms with Crippen molar-refractivity contribution in [3.05, 3.63) is 59.7 Å². The van der Waals surface area contributed by atoms with Gasteiger partial charge in [-0.25, -0.2) is 9.97 Å². The molecule has 0 aliphatic carbocycles. The van der Waals surface area contributed by atoms with Crippen molar-refractivity contribution in [3.63, 3.8) is 0 Å². The molecule has 3 heteroatoms. The number of benzene rings is 1. The zero-order valence-corrected chi connectivity index (χ0v) is 11.9. The van der Waals surface area contributed by atoms with E-state index >= 15 is 0 Å². The monoisotopic (exact) mass is 255 g/mol. The summed E-state index contributed by atoms with van der Waals surface area (Å²) in [6.07, 6.45) is 4.60. The van der Waals surface area contributed by atoms with Gasteiger partial charge in [-0.1, -0.05) is 30.3 Å². The van der Waals surface area contributed by atoms with Crippen molar-refractivity contribution in [1.29, 1.82) is 0 Å². The molecule has 1 aromatic heterocycles. The van der Waals surface area contributed by atoms with E-state index in [9.17, 15) is 0 Å². The molecule has 0 saturated heterocycles. The molecule has 0 aliphatic rings. The lowest BCUT2D eigenvalue weighted by Gasteiger charge is -2.20. The number of hydrogen-bond acceptors (Lipinski definition) is 3. The van der Waals surface area contributed by atoms with E-state index in [0.717, 1.165) is 24.4 Å². The largest absolute Gasteiger partial charge is 0.308 e. The maximum Gasteiger partial charge on any atom is 0.132 e. The van der Waals surface area contributed by atoms with Gasteiger partial charge in [-0.05, 0) is 26.3 Å². The predicted molar refractivity (Wildman–Crippen MR) is 77.9 cm³/mol. The Morgan fingerprint density at radius 1 is 0.947 bits per heavy atom. The third kappa shape index (κ3) is 4.79. The van der Waals surface area contributed by atoms with Crippen LogP contribution < -0.4 is 5.32 Å². The summed E-state index contributed by atoms with van der Waals surface area (Å²) >= 11 is 0. The molecule has 0 saturated carbocycles. The minimum atomic E-state index is 0.114. The van der Waals surface area contributed by atoms with Crippen LogP contribution in [0.1, 0.15) is 37.7 Å². The lowest BCUT2D eigenvalue weighted by Crippen LogP contribution is -2.35. The van der Waals surface area contributed by atoms with Crippen molar-refractivity contribution in [2.24, 2.45) is 0 Å². The molecule has 0 fully saturated rings. The summed E-state index contributed by atoms with van der Waals surface area (Å²) in [5, 5.41) is 3.43. The summed E-state index contributed by atoms with van der Waals surface area (Å²) in [7, 11) is 0. The first kappa shape index (κ1) is 13.7. The zero-order valence-electron chi connectivity index (χ0n) is 11.9. The lowest BCUT2D eigenvalue weighted by atomic mass is 10.1. The van der Waals surface area contributed by atoms with E-state index in [4.69, 9.17) is 0 Å². The van der Waals surface area contributed by atoms with Crippen LogP contribution in [-0.2, 0) is 13.0 Å². The van der Waals surface area contributed by atoms with Gasteiger partial charge in [0, 0.05) is 36.5 Å². The second kappa shape index (κ2) is 5.93. The number of aromatic nitrogens is 2. The number of rotatable bonds is 4. The molecule has 2 rings (SSSR count). The van der Waals surface area contributed by atoms with Crippen LogP contribution in [0.15, 0.2) is 42.7 Å². The van der Waals surface area contributed by atoms with Crippen molar-refractivity contribution in [3.8, 4) is 0 Å². The first-order valence-electron chi connectivity index (χ1n) is 6.62. The third-order valence-electron chi connectivity index (χ3n) is 2.79. The normalized spacial score (nSPS) is 11.5. The summed E-state index contributed by atoms with van der Waals surface area (Å²) in [6.45, 7) is 7.25. The van der Waals surface area contributed by atoms with Gasteiger partial charge < -0.3 is 5.32 Å². The van der Waals surface area contributed by atoms with Crippen LogP contribution in [0, 0.1) is 0 Å². The second-order valence-corrected chi connectivity index (χ2v) is 5.77. The van der Waals surface area contributed by atoms with E-state index in [0.29, 0.717) is 0 Å². The van der Waals surface area contributed by atoms with Crippen LogP contribution in [-0.4, -0.2) is 15.5 Å². The molecule has 0 bridgehead atoms. The molecule has 0 aliphatic heterocycles. The van der Waals surface area contributed by atoms with Gasteiger partial charge in [0.05, 0.1) is 0 Å². The minimum Gasteiger partial charge on any atom is -0.308 e. The number of nitrogens with zero attached hydrogens (tertiary/aromatic N) is 2. The van der Waals surface area contributed by atoms with Crippen molar-refractivity contribution in [2.75, 3.05) is 0 Å². The molecule has 0 radical (unpaired) electrons. The van der Waals surface area contributed by atoms with Gasteiger partial charge in [0.2, 0.25) is 0 Å². The summed E-state index contributed by atoms with van der Waals surface area (Å²) in [5.74, 6) is 0.866. The van der Waals surface area contributed by atoms with Gasteiger partial charge in [0.25, 0.3) is 0 Å². The Morgan fingerprint density at radius 3 is 2.16 bits per heavy atom. The molecule has 0 spiro atoms. The van der Waals surface area contributed by atoms with Crippen LogP contribution >= 0.6 is 0 Å². The summed E-state index contributed by atoms with van der Waals surface area (Å²) in [5.41, 5.74) is 2.47. The number of nitrogens with one attached hydrogen (secondary N) is 1. The van der Waals surface area contributed by atoms with Crippen molar-refractivity contribution in [2.45, 2.75) is 39.3 Å². The van der Waals surface area contributed by atoms with Gasteiger partial charge >= 0.3 is 0 Å². The van der Waals surface area contributed by atoms with E-state index in [1.54, 1.807) is 0 Å². The molecule has 3 nitrogen and oxygen atoms in total. The summed E-state index contributed by atoms with van der Waals surface area (Å²) in [4.78, 5) is 8.85. The van der Waals surface area contributed by atoms with E-state index in [2.05, 4.69) is 48.2 Å². The molecule has 0 atom stereocenters. The van der Waals surface area contributed by atoms with Gasteiger partial charge in [-0.2, -0.15) is 0 Å². The average Bonchev–Trinajstić information content (AvgIpc) is 2.38. The van der Waals surface area contributed by atoms with Crippen molar-refractivity contribution >= 4 is 0 Å². The molecule has 0 amide bonds.